The molecule has 0 radical (unpaired) electrons. The van der Waals surface area contributed by atoms with E-state index in [-0.39, 0.29) is 22.8 Å². The molecular weight excluding hydrogens is 350 g/mol. The number of aryl methyl sites for hydroxylation is 1. The van der Waals surface area contributed by atoms with Crippen molar-refractivity contribution in [1.29, 1.82) is 0 Å². The highest BCUT2D eigenvalue weighted by Crippen LogP contribution is 2.33. The van der Waals surface area contributed by atoms with Crippen LogP contribution in [0.5, 0.6) is 0 Å². The first-order valence-corrected chi connectivity index (χ1v) is 11.2. The van der Waals surface area contributed by atoms with E-state index in [1.165, 1.54) is 18.8 Å². The van der Waals surface area contributed by atoms with E-state index in [4.69, 9.17) is 4.42 Å². The maximum absolute atomic E-state index is 12.9. The number of oxazole rings is 1. The fourth-order valence-electron chi connectivity index (χ4n) is 2.42. The van der Waals surface area contributed by atoms with Crippen LogP contribution in [-0.4, -0.2) is 33.8 Å². The number of rotatable bonds is 8. The molecule has 6 nitrogen and oxygen atoms in total. The molecule has 0 bridgehead atoms. The minimum absolute atomic E-state index is 0.0424. The van der Waals surface area contributed by atoms with Crippen LogP contribution in [0.25, 0.3) is 0 Å². The van der Waals surface area contributed by atoms with E-state index < -0.39 is 24.9 Å². The van der Waals surface area contributed by atoms with Crippen molar-refractivity contribution in [3.05, 3.63) is 48.2 Å². The smallest absolute Gasteiger partial charge is 0.188 e. The van der Waals surface area contributed by atoms with Gasteiger partial charge in [0.15, 0.2) is 16.2 Å². The van der Waals surface area contributed by atoms with Crippen molar-refractivity contribution in [3.63, 3.8) is 0 Å². The number of nitrogens with zero attached hydrogens (tertiary/aromatic N) is 1. The van der Waals surface area contributed by atoms with Crippen LogP contribution in [-0.2, 0) is 19.7 Å². The highest BCUT2D eigenvalue weighted by Gasteiger charge is 2.31. The van der Waals surface area contributed by atoms with E-state index in [2.05, 4.69) is 4.98 Å². The largest absolute Gasteiger partial charge is 0.447 e. The monoisotopic (exact) mass is 371 g/mol. The molecule has 0 amide bonds. The second kappa shape index (κ2) is 7.48. The lowest BCUT2D eigenvalue weighted by Crippen LogP contribution is -2.14. The third kappa shape index (κ3) is 4.91. The molecule has 1 heterocycles. The minimum atomic E-state index is -3.64. The van der Waals surface area contributed by atoms with Crippen molar-refractivity contribution in [1.82, 2.24) is 4.98 Å². The lowest BCUT2D eigenvalue weighted by molar-refractivity contribution is 0.472. The van der Waals surface area contributed by atoms with E-state index in [1.807, 2.05) is 6.92 Å². The average molecular weight is 371 g/mol. The van der Waals surface area contributed by atoms with Gasteiger partial charge in [0.1, 0.15) is 20.8 Å². The lowest BCUT2D eigenvalue weighted by Gasteiger charge is -2.15. The molecule has 0 spiro atoms. The molecule has 8 heteroatoms. The summed E-state index contributed by atoms with van der Waals surface area (Å²) in [6.07, 6.45) is 4.91. The van der Waals surface area contributed by atoms with Crippen molar-refractivity contribution in [2.24, 2.45) is 0 Å². The summed E-state index contributed by atoms with van der Waals surface area (Å²) in [5.74, 6) is 0.315. The Bertz CT molecular complexity index is 854. The maximum Gasteiger partial charge on any atom is 0.188 e. The average Bonchev–Trinajstić information content (AvgIpc) is 3.00. The van der Waals surface area contributed by atoms with E-state index in [0.717, 1.165) is 5.56 Å². The maximum atomic E-state index is 12.9. The lowest BCUT2D eigenvalue weighted by atomic mass is 10.2. The van der Waals surface area contributed by atoms with Crippen LogP contribution in [0.2, 0.25) is 0 Å². The molecule has 2 rings (SSSR count). The normalized spacial score (nSPS) is 13.8. The Balaban J connectivity index is 2.21. The SMILES string of the molecule is Cc1ccc(S(=O)(=O)C(CCCCS(C)(=O)=O)c2cnco2)cc1. The Labute approximate surface area is 142 Å². The van der Waals surface area contributed by atoms with Gasteiger partial charge in [-0.3, -0.25) is 0 Å². The van der Waals surface area contributed by atoms with Gasteiger partial charge < -0.3 is 4.42 Å². The van der Waals surface area contributed by atoms with Crippen LogP contribution >= 0.6 is 0 Å². The fourth-order valence-corrected chi connectivity index (χ4v) is 4.89. The highest BCUT2D eigenvalue weighted by molar-refractivity contribution is 7.91. The van der Waals surface area contributed by atoms with E-state index in [9.17, 15) is 16.8 Å². The second-order valence-electron chi connectivity index (χ2n) is 5.88. The molecule has 0 aliphatic rings. The topological polar surface area (TPSA) is 94.3 Å². The standard InChI is InChI=1S/C16H21NO5S2/c1-13-6-8-14(9-7-13)24(20,21)16(15-11-17-12-22-15)5-3-4-10-23(2,18)19/h6-9,11-12,16H,3-5,10H2,1-2H3. The molecule has 132 valence electrons. The first-order valence-electron chi connectivity index (χ1n) is 7.57. The van der Waals surface area contributed by atoms with E-state index in [1.54, 1.807) is 24.3 Å². The summed E-state index contributed by atoms with van der Waals surface area (Å²) in [7, 11) is -6.69. The number of sulfone groups is 2. The predicted octanol–water partition coefficient (Wildman–Crippen LogP) is 2.71. The predicted molar refractivity (Wildman–Crippen MR) is 91.2 cm³/mol. The Morgan fingerprint density at radius 3 is 2.29 bits per heavy atom. The van der Waals surface area contributed by atoms with Crippen LogP contribution in [0.4, 0.5) is 0 Å². The Morgan fingerprint density at radius 1 is 1.08 bits per heavy atom. The molecule has 2 aromatic rings. The molecule has 0 fully saturated rings. The fraction of sp³-hybridized carbons (Fsp3) is 0.438. The molecule has 0 saturated carbocycles. The van der Waals surface area contributed by atoms with Crippen molar-refractivity contribution in [2.75, 3.05) is 12.0 Å². The summed E-state index contributed by atoms with van der Waals surface area (Å²) in [6.45, 7) is 1.88. The Hall–Kier alpha value is -1.67. The van der Waals surface area contributed by atoms with Gasteiger partial charge in [-0.1, -0.05) is 24.1 Å². The van der Waals surface area contributed by atoms with Crippen molar-refractivity contribution in [3.8, 4) is 0 Å². The van der Waals surface area contributed by atoms with Gasteiger partial charge in [0.25, 0.3) is 0 Å². The minimum Gasteiger partial charge on any atom is -0.447 e. The molecular formula is C16H21NO5S2. The number of benzene rings is 1. The second-order valence-corrected chi connectivity index (χ2v) is 10.3. The molecule has 1 atom stereocenters. The molecule has 24 heavy (non-hydrogen) atoms. The van der Waals surface area contributed by atoms with E-state index in [0.29, 0.717) is 12.8 Å². The van der Waals surface area contributed by atoms with Crippen molar-refractivity contribution >= 4 is 19.7 Å². The van der Waals surface area contributed by atoms with Crippen molar-refractivity contribution < 1.29 is 21.3 Å². The zero-order valence-electron chi connectivity index (χ0n) is 13.7. The molecule has 1 unspecified atom stereocenters. The summed E-state index contributed by atoms with van der Waals surface area (Å²) in [5.41, 5.74) is 0.971. The third-order valence-electron chi connectivity index (χ3n) is 3.72. The molecule has 1 aromatic heterocycles. The van der Waals surface area contributed by atoms with Crippen LogP contribution in [0, 0.1) is 6.92 Å². The molecule has 0 N–H and O–H groups in total. The molecule has 1 aromatic carbocycles. The number of hydrogen-bond acceptors (Lipinski definition) is 6. The quantitative estimate of drug-likeness (QED) is 0.662. The molecule has 0 aliphatic heterocycles. The van der Waals surface area contributed by atoms with Gasteiger partial charge in [0, 0.05) is 12.0 Å². The number of aromatic nitrogens is 1. The molecule has 0 aliphatic carbocycles. The van der Waals surface area contributed by atoms with Gasteiger partial charge in [-0.2, -0.15) is 0 Å². The van der Waals surface area contributed by atoms with Crippen LogP contribution in [0.3, 0.4) is 0 Å². The Morgan fingerprint density at radius 2 is 1.75 bits per heavy atom. The van der Waals surface area contributed by atoms with E-state index >= 15 is 0 Å². The summed E-state index contributed by atoms with van der Waals surface area (Å²) in [4.78, 5) is 4.02. The zero-order chi connectivity index (χ0) is 17.8. The molecule has 0 saturated heterocycles. The first-order chi connectivity index (χ1) is 11.2. The Kier molecular flexibility index (Phi) is 5.82. The van der Waals surface area contributed by atoms with Gasteiger partial charge in [-0.05, 0) is 31.9 Å². The summed E-state index contributed by atoms with van der Waals surface area (Å²) in [5, 5.41) is -0.873. The van der Waals surface area contributed by atoms with Crippen LogP contribution in [0.1, 0.15) is 35.8 Å². The van der Waals surface area contributed by atoms with Gasteiger partial charge in [-0.25, -0.2) is 21.8 Å². The summed E-state index contributed by atoms with van der Waals surface area (Å²) >= 11 is 0. The first kappa shape index (κ1) is 18.7. The third-order valence-corrected chi connectivity index (χ3v) is 6.90. The number of hydrogen-bond donors (Lipinski definition) is 0. The van der Waals surface area contributed by atoms with Crippen LogP contribution < -0.4 is 0 Å². The van der Waals surface area contributed by atoms with Gasteiger partial charge >= 0.3 is 0 Å². The van der Waals surface area contributed by atoms with Gasteiger partial charge in [-0.15, -0.1) is 0 Å². The van der Waals surface area contributed by atoms with Crippen LogP contribution in [0.15, 0.2) is 46.2 Å². The zero-order valence-corrected chi connectivity index (χ0v) is 15.3. The summed E-state index contributed by atoms with van der Waals surface area (Å²) < 4.78 is 53.5. The van der Waals surface area contributed by atoms with Crippen molar-refractivity contribution in [2.45, 2.75) is 36.3 Å². The summed E-state index contributed by atoms with van der Waals surface area (Å²) in [6, 6.07) is 6.64. The number of unbranched alkanes of at least 4 members (excludes halogenated alkanes) is 1. The van der Waals surface area contributed by atoms with Gasteiger partial charge in [0.05, 0.1) is 11.1 Å². The van der Waals surface area contributed by atoms with Gasteiger partial charge in [0.2, 0.25) is 0 Å². The highest BCUT2D eigenvalue weighted by atomic mass is 32.2.